The normalized spacial score (nSPS) is 37.3. The summed E-state index contributed by atoms with van der Waals surface area (Å²) in [5.41, 5.74) is 0. The highest BCUT2D eigenvalue weighted by Gasteiger charge is 2.33. The summed E-state index contributed by atoms with van der Waals surface area (Å²) < 4.78 is 0. The van der Waals surface area contributed by atoms with Gasteiger partial charge in [-0.3, -0.25) is 4.79 Å². The summed E-state index contributed by atoms with van der Waals surface area (Å²) in [5, 5.41) is 3.39. The third kappa shape index (κ3) is 3.25. The van der Waals surface area contributed by atoms with E-state index >= 15 is 0 Å². The lowest BCUT2D eigenvalue weighted by Crippen LogP contribution is -2.49. The zero-order valence-corrected chi connectivity index (χ0v) is 12.1. The fraction of sp³-hybridized carbons (Fsp3) is 0.933. The molecular formula is C15H28N2O. The highest BCUT2D eigenvalue weighted by Crippen LogP contribution is 2.38. The van der Waals surface area contributed by atoms with Crippen molar-refractivity contribution in [1.29, 1.82) is 0 Å². The van der Waals surface area contributed by atoms with Gasteiger partial charge in [0.15, 0.2) is 0 Å². The van der Waals surface area contributed by atoms with Crippen molar-refractivity contribution in [3.63, 3.8) is 0 Å². The van der Waals surface area contributed by atoms with Gasteiger partial charge in [0.2, 0.25) is 5.91 Å². The van der Waals surface area contributed by atoms with Crippen LogP contribution < -0.4 is 5.32 Å². The molecule has 104 valence electrons. The van der Waals surface area contributed by atoms with Crippen LogP contribution in [0, 0.1) is 17.8 Å². The van der Waals surface area contributed by atoms with Crippen LogP contribution in [0.1, 0.15) is 45.4 Å². The van der Waals surface area contributed by atoms with Crippen LogP contribution in [0.3, 0.4) is 0 Å². The lowest BCUT2D eigenvalue weighted by atomic mass is 9.71. The number of hydrogen-bond acceptors (Lipinski definition) is 2. The van der Waals surface area contributed by atoms with Gasteiger partial charge < -0.3 is 10.2 Å². The van der Waals surface area contributed by atoms with E-state index in [2.05, 4.69) is 12.2 Å². The maximum absolute atomic E-state index is 12.1. The number of carbonyl (C=O) groups excluding carboxylic acids is 1. The predicted octanol–water partition coefficient (Wildman–Crippen LogP) is 2.27. The van der Waals surface area contributed by atoms with Crippen molar-refractivity contribution in [1.82, 2.24) is 10.2 Å². The van der Waals surface area contributed by atoms with E-state index in [1.807, 2.05) is 14.1 Å². The first-order chi connectivity index (χ1) is 8.58. The Morgan fingerprint density at radius 3 is 2.50 bits per heavy atom. The average Bonchev–Trinajstić information content (AvgIpc) is 2.38. The highest BCUT2D eigenvalue weighted by molar-refractivity contribution is 5.81. The summed E-state index contributed by atoms with van der Waals surface area (Å²) in [6, 6.07) is 0.0657. The van der Waals surface area contributed by atoms with Crippen molar-refractivity contribution in [2.75, 3.05) is 20.6 Å². The first kappa shape index (κ1) is 13.9. The zero-order chi connectivity index (χ0) is 13.1. The first-order valence-electron chi connectivity index (χ1n) is 7.52. The Bertz CT molecular complexity index is 290. The van der Waals surface area contributed by atoms with Gasteiger partial charge in [0.1, 0.15) is 0 Å². The van der Waals surface area contributed by atoms with Crippen LogP contribution in [0.15, 0.2) is 0 Å². The van der Waals surface area contributed by atoms with Crippen LogP contribution in [0.25, 0.3) is 0 Å². The van der Waals surface area contributed by atoms with Gasteiger partial charge in [-0.2, -0.15) is 0 Å². The zero-order valence-electron chi connectivity index (χ0n) is 12.1. The first-order valence-corrected chi connectivity index (χ1v) is 7.52. The molecule has 3 nitrogen and oxygen atoms in total. The van der Waals surface area contributed by atoms with Crippen LogP contribution in [-0.4, -0.2) is 37.5 Å². The molecule has 1 N–H and O–H groups in total. The third-order valence-electron chi connectivity index (χ3n) is 4.83. The molecule has 1 aliphatic carbocycles. The lowest BCUT2D eigenvalue weighted by molar-refractivity contribution is -0.132. The van der Waals surface area contributed by atoms with Crippen molar-refractivity contribution in [2.45, 2.75) is 51.5 Å². The van der Waals surface area contributed by atoms with E-state index in [0.29, 0.717) is 0 Å². The second-order valence-electron chi connectivity index (χ2n) is 6.56. The maximum atomic E-state index is 12.1. The number of nitrogens with one attached hydrogen (secondary N) is 1. The van der Waals surface area contributed by atoms with Gasteiger partial charge in [-0.15, -0.1) is 0 Å². The Balaban J connectivity index is 1.91. The van der Waals surface area contributed by atoms with Gasteiger partial charge in [0.25, 0.3) is 0 Å². The quantitative estimate of drug-likeness (QED) is 0.817. The summed E-state index contributed by atoms with van der Waals surface area (Å²) in [5.74, 6) is 2.78. The predicted molar refractivity (Wildman–Crippen MR) is 74.3 cm³/mol. The second kappa shape index (κ2) is 6.05. The van der Waals surface area contributed by atoms with E-state index in [4.69, 9.17) is 0 Å². The van der Waals surface area contributed by atoms with Gasteiger partial charge >= 0.3 is 0 Å². The summed E-state index contributed by atoms with van der Waals surface area (Å²) >= 11 is 0. The monoisotopic (exact) mass is 252 g/mol. The molecule has 2 rings (SSSR count). The van der Waals surface area contributed by atoms with E-state index in [-0.39, 0.29) is 11.9 Å². The van der Waals surface area contributed by atoms with E-state index in [9.17, 15) is 4.79 Å². The minimum Gasteiger partial charge on any atom is -0.347 e. The highest BCUT2D eigenvalue weighted by atomic mass is 16.2. The second-order valence-corrected chi connectivity index (χ2v) is 6.56. The summed E-state index contributed by atoms with van der Waals surface area (Å²) in [6.45, 7) is 3.40. The molecule has 0 aromatic heterocycles. The van der Waals surface area contributed by atoms with Crippen LogP contribution in [0.4, 0.5) is 0 Å². The third-order valence-corrected chi connectivity index (χ3v) is 4.83. The van der Waals surface area contributed by atoms with Gasteiger partial charge in [-0.05, 0) is 43.6 Å². The molecular weight excluding hydrogens is 224 g/mol. The Labute approximate surface area is 111 Å². The van der Waals surface area contributed by atoms with Gasteiger partial charge in [0.05, 0.1) is 6.04 Å². The molecule has 4 atom stereocenters. The number of hydrogen-bond donors (Lipinski definition) is 1. The molecule has 2 fully saturated rings. The summed E-state index contributed by atoms with van der Waals surface area (Å²) in [7, 11) is 3.71. The van der Waals surface area contributed by atoms with Crippen LogP contribution in [0.5, 0.6) is 0 Å². The molecule has 0 radical (unpaired) electrons. The molecule has 3 heteroatoms. The van der Waals surface area contributed by atoms with Crippen molar-refractivity contribution < 1.29 is 4.79 Å². The Morgan fingerprint density at radius 1 is 1.11 bits per heavy atom. The topological polar surface area (TPSA) is 32.3 Å². The SMILES string of the molecule is CC1CCCC(C2CCNC(C(=O)N(C)C)C2)C1. The van der Waals surface area contributed by atoms with Gasteiger partial charge in [-0.25, -0.2) is 0 Å². The molecule has 0 bridgehead atoms. The number of likely N-dealkylation sites (N-methyl/N-ethyl adjacent to an activating group) is 1. The molecule has 2 aliphatic rings. The largest absolute Gasteiger partial charge is 0.347 e. The molecule has 0 aromatic carbocycles. The molecule has 0 aromatic rings. The fourth-order valence-corrected chi connectivity index (χ4v) is 3.78. The van der Waals surface area contributed by atoms with Crippen molar-refractivity contribution in [2.24, 2.45) is 17.8 Å². The average molecular weight is 252 g/mol. The molecule has 1 saturated carbocycles. The van der Waals surface area contributed by atoms with Gasteiger partial charge in [0, 0.05) is 14.1 Å². The van der Waals surface area contributed by atoms with Crippen LogP contribution in [0.2, 0.25) is 0 Å². The molecule has 0 spiro atoms. The van der Waals surface area contributed by atoms with Crippen LogP contribution >= 0.6 is 0 Å². The smallest absolute Gasteiger partial charge is 0.239 e. The van der Waals surface area contributed by atoms with E-state index in [0.717, 1.165) is 30.7 Å². The van der Waals surface area contributed by atoms with Crippen molar-refractivity contribution in [3.05, 3.63) is 0 Å². The number of piperidine rings is 1. The molecule has 1 saturated heterocycles. The lowest BCUT2D eigenvalue weighted by Gasteiger charge is -2.38. The number of amides is 1. The molecule has 18 heavy (non-hydrogen) atoms. The standard InChI is InChI=1S/C15H28N2O/c1-11-5-4-6-12(9-11)13-7-8-16-14(10-13)15(18)17(2)3/h11-14,16H,4-10H2,1-3H3. The van der Waals surface area contributed by atoms with Crippen molar-refractivity contribution in [3.8, 4) is 0 Å². The number of nitrogens with zero attached hydrogens (tertiary/aromatic N) is 1. The van der Waals surface area contributed by atoms with E-state index < -0.39 is 0 Å². The maximum Gasteiger partial charge on any atom is 0.239 e. The molecule has 1 heterocycles. The van der Waals surface area contributed by atoms with E-state index in [1.54, 1.807) is 4.90 Å². The number of rotatable bonds is 2. The molecule has 1 amide bonds. The summed E-state index contributed by atoms with van der Waals surface area (Å²) in [4.78, 5) is 13.8. The van der Waals surface area contributed by atoms with E-state index in [1.165, 1.54) is 32.1 Å². The molecule has 1 aliphatic heterocycles. The Morgan fingerprint density at radius 2 is 1.83 bits per heavy atom. The minimum atomic E-state index is 0.0657. The summed E-state index contributed by atoms with van der Waals surface area (Å²) in [6.07, 6.45) is 7.87. The molecule has 4 unspecified atom stereocenters. The minimum absolute atomic E-state index is 0.0657. The van der Waals surface area contributed by atoms with Crippen molar-refractivity contribution >= 4 is 5.91 Å². The van der Waals surface area contributed by atoms with Gasteiger partial charge in [-0.1, -0.05) is 26.2 Å². The Kier molecular flexibility index (Phi) is 4.66. The van der Waals surface area contributed by atoms with Crippen LogP contribution in [-0.2, 0) is 4.79 Å². The number of carbonyl (C=O) groups is 1. The Hall–Kier alpha value is -0.570. The fourth-order valence-electron chi connectivity index (χ4n) is 3.78.